The molecule has 2 N–H and O–H groups in total. The van der Waals surface area contributed by atoms with E-state index in [1.54, 1.807) is 25.0 Å². The lowest BCUT2D eigenvalue weighted by Crippen LogP contribution is -2.40. The molecule has 0 fully saturated rings. The van der Waals surface area contributed by atoms with E-state index >= 15 is 0 Å². The summed E-state index contributed by atoms with van der Waals surface area (Å²) in [6, 6.07) is 5.29. The van der Waals surface area contributed by atoms with E-state index in [2.05, 4.69) is 0 Å². The van der Waals surface area contributed by atoms with Gasteiger partial charge in [-0.3, -0.25) is 4.79 Å². The number of benzene rings is 1. The minimum Gasteiger partial charge on any atom is -0.497 e. The molecule has 5 nitrogen and oxygen atoms in total. The molecule has 0 aromatic heterocycles. The van der Waals surface area contributed by atoms with Crippen LogP contribution in [0.25, 0.3) is 0 Å². The Hall–Kier alpha value is -1.75. The summed E-state index contributed by atoms with van der Waals surface area (Å²) in [6.45, 7) is 8.87. The number of nitrogens with zero attached hydrogens (tertiary/aromatic N) is 1. The molecule has 0 saturated heterocycles. The quantitative estimate of drug-likeness (QED) is 0.838. The molecular formula is C16H26N2O3. The van der Waals surface area contributed by atoms with Gasteiger partial charge in [-0.2, -0.15) is 0 Å². The van der Waals surface area contributed by atoms with Gasteiger partial charge in [-0.1, -0.05) is 6.07 Å². The Morgan fingerprint density at radius 1 is 1.29 bits per heavy atom. The van der Waals surface area contributed by atoms with E-state index in [1.165, 1.54) is 0 Å². The van der Waals surface area contributed by atoms with Crippen molar-refractivity contribution >= 4 is 5.91 Å². The molecular weight excluding hydrogens is 268 g/mol. The van der Waals surface area contributed by atoms with Crippen LogP contribution in [-0.4, -0.2) is 37.1 Å². The van der Waals surface area contributed by atoms with Gasteiger partial charge in [-0.15, -0.1) is 0 Å². The molecule has 1 rings (SSSR count). The number of hydrogen-bond donors (Lipinski definition) is 1. The second-order valence-electron chi connectivity index (χ2n) is 4.96. The Bertz CT molecular complexity index is 471. The number of carbonyl (C=O) groups excluding carboxylic acids is 1. The largest absolute Gasteiger partial charge is 0.497 e. The molecule has 0 aliphatic heterocycles. The highest BCUT2D eigenvalue weighted by Crippen LogP contribution is 2.29. The van der Waals surface area contributed by atoms with Crippen LogP contribution in [0.5, 0.6) is 11.5 Å². The van der Waals surface area contributed by atoms with Gasteiger partial charge < -0.3 is 20.1 Å². The zero-order valence-electron chi connectivity index (χ0n) is 13.6. The molecule has 1 aromatic rings. The van der Waals surface area contributed by atoms with Gasteiger partial charge in [0.05, 0.1) is 7.11 Å². The van der Waals surface area contributed by atoms with Crippen LogP contribution in [-0.2, 0) is 4.79 Å². The zero-order valence-corrected chi connectivity index (χ0v) is 13.6. The summed E-state index contributed by atoms with van der Waals surface area (Å²) in [4.78, 5) is 14.0. The number of carbonyl (C=O) groups is 1. The van der Waals surface area contributed by atoms with Gasteiger partial charge in [0.15, 0.2) is 6.10 Å². The summed E-state index contributed by atoms with van der Waals surface area (Å²) < 4.78 is 11.0. The fraction of sp³-hybridized carbons (Fsp3) is 0.562. The zero-order chi connectivity index (χ0) is 16.0. The van der Waals surface area contributed by atoms with E-state index in [0.29, 0.717) is 24.6 Å². The summed E-state index contributed by atoms with van der Waals surface area (Å²) in [5, 5.41) is 0. The lowest BCUT2D eigenvalue weighted by atomic mass is 10.1. The topological polar surface area (TPSA) is 64.8 Å². The first kappa shape index (κ1) is 17.3. The van der Waals surface area contributed by atoms with Gasteiger partial charge in [0.2, 0.25) is 0 Å². The average Bonchev–Trinajstić information content (AvgIpc) is 2.47. The molecule has 1 aromatic carbocycles. The molecule has 0 spiro atoms. The van der Waals surface area contributed by atoms with Crippen molar-refractivity contribution in [3.63, 3.8) is 0 Å². The van der Waals surface area contributed by atoms with Crippen LogP contribution in [0.2, 0.25) is 0 Å². The summed E-state index contributed by atoms with van der Waals surface area (Å²) in [6.07, 6.45) is -0.561. The van der Waals surface area contributed by atoms with E-state index < -0.39 is 6.10 Å². The molecule has 1 unspecified atom stereocenters. The highest BCUT2D eigenvalue weighted by atomic mass is 16.5. The van der Waals surface area contributed by atoms with Crippen molar-refractivity contribution in [2.45, 2.75) is 39.8 Å². The number of ether oxygens (including phenoxy) is 2. The van der Waals surface area contributed by atoms with Gasteiger partial charge >= 0.3 is 0 Å². The minimum atomic E-state index is -0.561. The third kappa shape index (κ3) is 4.36. The smallest absolute Gasteiger partial charge is 0.263 e. The van der Waals surface area contributed by atoms with Gasteiger partial charge in [-0.25, -0.2) is 0 Å². The fourth-order valence-electron chi connectivity index (χ4n) is 2.15. The van der Waals surface area contributed by atoms with Crippen LogP contribution in [0, 0.1) is 0 Å². The predicted octanol–water partition coefficient (Wildman–Crippen LogP) is 2.35. The van der Waals surface area contributed by atoms with Crippen LogP contribution >= 0.6 is 0 Å². The van der Waals surface area contributed by atoms with E-state index in [1.807, 2.05) is 32.9 Å². The normalized spacial score (nSPS) is 13.4. The highest BCUT2D eigenvalue weighted by molar-refractivity contribution is 5.80. The van der Waals surface area contributed by atoms with Crippen molar-refractivity contribution < 1.29 is 14.3 Å². The lowest BCUT2D eigenvalue weighted by Gasteiger charge is -2.25. The summed E-state index contributed by atoms with van der Waals surface area (Å²) in [5.41, 5.74) is 6.81. The Balaban J connectivity index is 2.97. The van der Waals surface area contributed by atoms with E-state index in [4.69, 9.17) is 15.2 Å². The Morgan fingerprint density at radius 2 is 1.90 bits per heavy atom. The molecule has 1 amide bonds. The van der Waals surface area contributed by atoms with E-state index in [9.17, 15) is 4.79 Å². The summed E-state index contributed by atoms with van der Waals surface area (Å²) in [7, 11) is 1.59. The van der Waals surface area contributed by atoms with Gasteiger partial charge in [0.25, 0.3) is 5.91 Å². The summed E-state index contributed by atoms with van der Waals surface area (Å²) >= 11 is 0. The first-order chi connectivity index (χ1) is 9.94. The van der Waals surface area contributed by atoms with Crippen LogP contribution < -0.4 is 15.2 Å². The van der Waals surface area contributed by atoms with Crippen molar-refractivity contribution in [1.82, 2.24) is 4.90 Å². The molecule has 0 aliphatic carbocycles. The number of methoxy groups -OCH3 is 1. The number of hydrogen-bond acceptors (Lipinski definition) is 4. The van der Waals surface area contributed by atoms with Crippen LogP contribution in [0.15, 0.2) is 18.2 Å². The van der Waals surface area contributed by atoms with Gasteiger partial charge in [0, 0.05) is 30.8 Å². The molecule has 5 heteroatoms. The SMILES string of the molecule is CCN(CC)C(=O)C(C)Oc1cc(OC)ccc1[C@H](C)N. The van der Waals surface area contributed by atoms with Crippen molar-refractivity contribution in [3.05, 3.63) is 23.8 Å². The third-order valence-corrected chi connectivity index (χ3v) is 3.44. The monoisotopic (exact) mass is 294 g/mol. The van der Waals surface area contributed by atoms with Crippen LogP contribution in [0.4, 0.5) is 0 Å². The maximum absolute atomic E-state index is 12.3. The number of nitrogens with two attached hydrogens (primary N) is 1. The Kier molecular flexibility index (Phi) is 6.49. The molecule has 21 heavy (non-hydrogen) atoms. The van der Waals surface area contributed by atoms with Crippen molar-refractivity contribution in [2.75, 3.05) is 20.2 Å². The second-order valence-corrected chi connectivity index (χ2v) is 4.96. The third-order valence-electron chi connectivity index (χ3n) is 3.44. The summed E-state index contributed by atoms with van der Waals surface area (Å²) in [5.74, 6) is 1.24. The Morgan fingerprint density at radius 3 is 2.38 bits per heavy atom. The number of likely N-dealkylation sites (N-methyl/N-ethyl adjacent to an activating group) is 1. The predicted molar refractivity (Wildman–Crippen MR) is 83.6 cm³/mol. The molecule has 118 valence electrons. The van der Waals surface area contributed by atoms with E-state index in [0.717, 1.165) is 5.56 Å². The minimum absolute atomic E-state index is 0.0292. The van der Waals surface area contributed by atoms with Gasteiger partial charge in [0.1, 0.15) is 11.5 Å². The first-order valence-electron chi connectivity index (χ1n) is 7.33. The van der Waals surface area contributed by atoms with E-state index in [-0.39, 0.29) is 11.9 Å². The highest BCUT2D eigenvalue weighted by Gasteiger charge is 2.21. The Labute approximate surface area is 127 Å². The maximum atomic E-state index is 12.3. The number of amides is 1. The maximum Gasteiger partial charge on any atom is 0.263 e. The molecule has 0 radical (unpaired) electrons. The molecule has 0 heterocycles. The molecule has 0 bridgehead atoms. The van der Waals surface area contributed by atoms with Crippen LogP contribution in [0.3, 0.4) is 0 Å². The first-order valence-corrected chi connectivity index (χ1v) is 7.33. The molecule has 0 saturated carbocycles. The molecule has 2 atom stereocenters. The lowest BCUT2D eigenvalue weighted by molar-refractivity contribution is -0.137. The molecule has 0 aliphatic rings. The van der Waals surface area contributed by atoms with Crippen molar-refractivity contribution in [2.24, 2.45) is 5.73 Å². The van der Waals surface area contributed by atoms with Crippen molar-refractivity contribution in [3.8, 4) is 11.5 Å². The van der Waals surface area contributed by atoms with Gasteiger partial charge in [-0.05, 0) is 33.8 Å². The standard InChI is InChI=1S/C16H26N2O3/c1-6-18(7-2)16(19)12(4)21-15-10-13(20-5)8-9-14(15)11(3)17/h8-12H,6-7,17H2,1-5H3/t11-,12?/m0/s1. The van der Waals surface area contributed by atoms with Crippen LogP contribution in [0.1, 0.15) is 39.3 Å². The second kappa shape index (κ2) is 7.88. The number of rotatable bonds is 7. The average molecular weight is 294 g/mol. The van der Waals surface area contributed by atoms with Crippen molar-refractivity contribution in [1.29, 1.82) is 0 Å². The fourth-order valence-corrected chi connectivity index (χ4v) is 2.15.